The van der Waals surface area contributed by atoms with E-state index in [1.807, 2.05) is 0 Å². The number of imide groups is 1. The van der Waals surface area contributed by atoms with Crippen LogP contribution in [0.4, 0.5) is 32.0 Å². The molecule has 1 unspecified atom stereocenters. The van der Waals surface area contributed by atoms with Gasteiger partial charge in [-0.3, -0.25) is 9.59 Å². The summed E-state index contributed by atoms with van der Waals surface area (Å²) in [6.45, 7) is 0. The molecule has 2 rings (SSSR count). The molecule has 118 valence electrons. The first-order chi connectivity index (χ1) is 10.1. The standard InChI is InChI=1S/C13H7F6NO2/c14-11(12(15,16)13(17,18)19)7-1-3-8(4-2-7)20-9(21)5-6-10(20)22/h1-6,11H. The molecule has 0 bridgehead atoms. The average molecular weight is 323 g/mol. The van der Waals surface area contributed by atoms with Gasteiger partial charge in [-0.15, -0.1) is 0 Å². The number of nitrogens with zero attached hydrogens (tertiary/aromatic N) is 1. The van der Waals surface area contributed by atoms with Crippen molar-refractivity contribution in [3.05, 3.63) is 42.0 Å². The van der Waals surface area contributed by atoms with Crippen LogP contribution < -0.4 is 4.90 Å². The zero-order chi connectivity index (χ0) is 16.7. The van der Waals surface area contributed by atoms with Gasteiger partial charge in [-0.25, -0.2) is 9.29 Å². The van der Waals surface area contributed by atoms with Crippen LogP contribution in [0.25, 0.3) is 0 Å². The molecule has 1 aromatic rings. The third kappa shape index (κ3) is 2.58. The number of halogens is 6. The lowest BCUT2D eigenvalue weighted by atomic mass is 10.0. The summed E-state index contributed by atoms with van der Waals surface area (Å²) in [6, 6.07) is 3.16. The summed E-state index contributed by atoms with van der Waals surface area (Å²) in [5.41, 5.74) is -0.982. The maximum absolute atomic E-state index is 13.4. The number of rotatable bonds is 3. The average Bonchev–Trinajstić information content (AvgIpc) is 2.76. The first-order valence-electron chi connectivity index (χ1n) is 5.80. The Kier molecular flexibility index (Phi) is 3.76. The molecule has 0 spiro atoms. The highest BCUT2D eigenvalue weighted by Gasteiger charge is 2.63. The van der Waals surface area contributed by atoms with Crippen molar-refractivity contribution in [3.63, 3.8) is 0 Å². The van der Waals surface area contributed by atoms with Gasteiger partial charge < -0.3 is 0 Å². The molecule has 2 amide bonds. The lowest BCUT2D eigenvalue weighted by molar-refractivity contribution is -0.305. The molecule has 1 atom stereocenters. The highest BCUT2D eigenvalue weighted by Crippen LogP contribution is 2.46. The first-order valence-corrected chi connectivity index (χ1v) is 5.80. The molecule has 0 saturated heterocycles. The van der Waals surface area contributed by atoms with Crippen molar-refractivity contribution >= 4 is 17.5 Å². The zero-order valence-corrected chi connectivity index (χ0v) is 10.6. The molecule has 3 nitrogen and oxygen atoms in total. The quantitative estimate of drug-likeness (QED) is 0.632. The summed E-state index contributed by atoms with van der Waals surface area (Å²) in [5, 5.41) is 0. The fraction of sp³-hybridized carbons (Fsp3) is 0.231. The molecule has 1 aliphatic heterocycles. The minimum absolute atomic E-state index is 0.0636. The Morgan fingerprint density at radius 3 is 1.73 bits per heavy atom. The smallest absolute Gasteiger partial charge is 0.269 e. The number of carbonyl (C=O) groups excluding carboxylic acids is 2. The van der Waals surface area contributed by atoms with E-state index in [1.165, 1.54) is 0 Å². The van der Waals surface area contributed by atoms with Crippen LogP contribution in [0.2, 0.25) is 0 Å². The minimum Gasteiger partial charge on any atom is -0.269 e. The molecule has 0 radical (unpaired) electrons. The number of amides is 2. The van der Waals surface area contributed by atoms with Gasteiger partial charge in [-0.05, 0) is 17.7 Å². The van der Waals surface area contributed by atoms with Crippen LogP contribution in [-0.2, 0) is 9.59 Å². The highest BCUT2D eigenvalue weighted by molar-refractivity contribution is 6.28. The number of alkyl halides is 6. The molecule has 1 aromatic carbocycles. The molecule has 22 heavy (non-hydrogen) atoms. The largest absolute Gasteiger partial charge is 0.456 e. The number of anilines is 1. The molecule has 0 fully saturated rings. The monoisotopic (exact) mass is 323 g/mol. The van der Waals surface area contributed by atoms with Gasteiger partial charge in [0.1, 0.15) is 0 Å². The maximum atomic E-state index is 13.4. The number of benzene rings is 1. The molecular weight excluding hydrogens is 316 g/mol. The summed E-state index contributed by atoms with van der Waals surface area (Å²) in [4.78, 5) is 23.4. The van der Waals surface area contributed by atoms with Gasteiger partial charge in [-0.1, -0.05) is 12.1 Å². The van der Waals surface area contributed by atoms with Crippen LogP contribution in [0.5, 0.6) is 0 Å². The fourth-order valence-electron chi connectivity index (χ4n) is 1.80. The number of carbonyl (C=O) groups is 2. The van der Waals surface area contributed by atoms with Gasteiger partial charge in [-0.2, -0.15) is 22.0 Å². The van der Waals surface area contributed by atoms with Crippen LogP contribution in [0.1, 0.15) is 11.7 Å². The van der Waals surface area contributed by atoms with E-state index in [4.69, 9.17) is 0 Å². The van der Waals surface area contributed by atoms with E-state index < -0.39 is 35.6 Å². The number of hydrogen-bond acceptors (Lipinski definition) is 2. The van der Waals surface area contributed by atoms with Crippen molar-refractivity contribution in [1.82, 2.24) is 0 Å². The number of hydrogen-bond donors (Lipinski definition) is 0. The van der Waals surface area contributed by atoms with E-state index in [9.17, 15) is 35.9 Å². The van der Waals surface area contributed by atoms with Gasteiger partial charge in [0.05, 0.1) is 5.69 Å². The van der Waals surface area contributed by atoms with Gasteiger partial charge in [0.25, 0.3) is 11.8 Å². The summed E-state index contributed by atoms with van der Waals surface area (Å²) in [7, 11) is 0. The summed E-state index contributed by atoms with van der Waals surface area (Å²) in [6.07, 6.45) is -7.70. The molecule has 1 aliphatic rings. The fourth-order valence-corrected chi connectivity index (χ4v) is 1.80. The van der Waals surface area contributed by atoms with E-state index in [0.717, 1.165) is 24.3 Å². The topological polar surface area (TPSA) is 37.4 Å². The molecule has 0 N–H and O–H groups in total. The maximum Gasteiger partial charge on any atom is 0.456 e. The van der Waals surface area contributed by atoms with Gasteiger partial charge in [0.2, 0.25) is 0 Å². The van der Waals surface area contributed by atoms with Gasteiger partial charge in [0.15, 0.2) is 6.17 Å². The predicted octanol–water partition coefficient (Wildman–Crippen LogP) is 3.32. The molecular formula is C13H7F6NO2. The van der Waals surface area contributed by atoms with Crippen LogP contribution in [0.3, 0.4) is 0 Å². The second-order valence-corrected chi connectivity index (χ2v) is 4.42. The zero-order valence-electron chi connectivity index (χ0n) is 10.6. The second-order valence-electron chi connectivity index (χ2n) is 4.42. The van der Waals surface area contributed by atoms with Crippen molar-refractivity contribution in [2.24, 2.45) is 0 Å². The van der Waals surface area contributed by atoms with Crippen LogP contribution >= 0.6 is 0 Å². The van der Waals surface area contributed by atoms with Gasteiger partial charge in [0, 0.05) is 12.2 Å². The first kappa shape index (κ1) is 16.1. The summed E-state index contributed by atoms with van der Waals surface area (Å²) in [5.74, 6) is -6.94. The summed E-state index contributed by atoms with van der Waals surface area (Å²) >= 11 is 0. The Morgan fingerprint density at radius 2 is 1.32 bits per heavy atom. The third-order valence-corrected chi connectivity index (χ3v) is 2.95. The Hall–Kier alpha value is -2.32. The molecule has 1 heterocycles. The Balaban J connectivity index is 2.26. The molecule has 0 saturated carbocycles. The molecule has 0 aliphatic carbocycles. The van der Waals surface area contributed by atoms with E-state index >= 15 is 0 Å². The van der Waals surface area contributed by atoms with E-state index in [1.54, 1.807) is 0 Å². The van der Waals surface area contributed by atoms with Crippen molar-refractivity contribution in [3.8, 4) is 0 Å². The second kappa shape index (κ2) is 5.15. The van der Waals surface area contributed by atoms with Crippen molar-refractivity contribution in [1.29, 1.82) is 0 Å². The Bertz CT molecular complexity index is 617. The summed E-state index contributed by atoms with van der Waals surface area (Å²) < 4.78 is 75.6. The lowest BCUT2D eigenvalue weighted by Crippen LogP contribution is -2.40. The lowest BCUT2D eigenvalue weighted by Gasteiger charge is -2.23. The SMILES string of the molecule is O=C1C=CC(=O)N1c1ccc(C(F)C(F)(F)C(F)(F)F)cc1. The molecule has 9 heteroatoms. The van der Waals surface area contributed by atoms with Crippen molar-refractivity contribution in [2.75, 3.05) is 4.90 Å². The van der Waals surface area contributed by atoms with E-state index in [-0.39, 0.29) is 5.69 Å². The molecule has 0 aromatic heterocycles. The minimum atomic E-state index is -6.03. The van der Waals surface area contributed by atoms with Gasteiger partial charge >= 0.3 is 12.1 Å². The highest BCUT2D eigenvalue weighted by atomic mass is 19.4. The van der Waals surface area contributed by atoms with Crippen LogP contribution in [-0.4, -0.2) is 23.9 Å². The normalized spacial score (nSPS) is 17.3. The van der Waals surface area contributed by atoms with E-state index in [0.29, 0.717) is 17.0 Å². The van der Waals surface area contributed by atoms with Crippen LogP contribution in [0, 0.1) is 0 Å². The van der Waals surface area contributed by atoms with E-state index in [2.05, 4.69) is 0 Å². The van der Waals surface area contributed by atoms with Crippen molar-refractivity contribution < 1.29 is 35.9 Å². The Morgan fingerprint density at radius 1 is 0.864 bits per heavy atom. The predicted molar refractivity (Wildman–Crippen MR) is 62.9 cm³/mol. The Labute approximate surface area is 119 Å². The van der Waals surface area contributed by atoms with Crippen LogP contribution in [0.15, 0.2) is 36.4 Å². The third-order valence-electron chi connectivity index (χ3n) is 2.95. The van der Waals surface area contributed by atoms with Crippen molar-refractivity contribution in [2.45, 2.75) is 18.3 Å².